The van der Waals surface area contributed by atoms with Gasteiger partial charge in [-0.1, -0.05) is 12.1 Å². The molecule has 9 nitrogen and oxygen atoms in total. The van der Waals surface area contributed by atoms with E-state index in [-0.39, 0.29) is 24.7 Å². The molecule has 1 aliphatic heterocycles. The van der Waals surface area contributed by atoms with E-state index in [1.165, 1.54) is 7.11 Å². The molecule has 3 rings (SSSR count). The van der Waals surface area contributed by atoms with Crippen molar-refractivity contribution in [3.63, 3.8) is 0 Å². The van der Waals surface area contributed by atoms with E-state index in [1.807, 2.05) is 31.1 Å². The summed E-state index contributed by atoms with van der Waals surface area (Å²) in [6.07, 6.45) is 3.52. The zero-order valence-electron chi connectivity index (χ0n) is 16.4. The van der Waals surface area contributed by atoms with Gasteiger partial charge in [-0.25, -0.2) is 4.99 Å². The second-order valence-corrected chi connectivity index (χ2v) is 6.48. The lowest BCUT2D eigenvalue weighted by Gasteiger charge is -2.35. The molecule has 2 heterocycles. The van der Waals surface area contributed by atoms with Crippen molar-refractivity contribution in [2.45, 2.75) is 13.5 Å². The van der Waals surface area contributed by atoms with Crippen LogP contribution in [0.2, 0.25) is 0 Å². The zero-order valence-corrected chi connectivity index (χ0v) is 16.4. The summed E-state index contributed by atoms with van der Waals surface area (Å²) in [6, 6.07) is 5.31. The number of nitrogens with one attached hydrogen (secondary N) is 1. The molecule has 1 aromatic heterocycles. The number of piperazine rings is 1. The van der Waals surface area contributed by atoms with Crippen LogP contribution >= 0.6 is 0 Å². The number of hydrogen-bond donors (Lipinski definition) is 2. The number of aromatic hydroxyl groups is 1. The first-order valence-electron chi connectivity index (χ1n) is 9.20. The number of aliphatic imine (C=N–C) groups is 1. The highest BCUT2D eigenvalue weighted by molar-refractivity contribution is 5.98. The Bertz CT molecular complexity index is 863. The number of phenols is 1. The van der Waals surface area contributed by atoms with Gasteiger partial charge in [0.1, 0.15) is 6.54 Å². The third kappa shape index (κ3) is 4.19. The fraction of sp³-hybridized carbons (Fsp3) is 0.421. The van der Waals surface area contributed by atoms with E-state index in [1.54, 1.807) is 27.9 Å². The first-order valence-corrected chi connectivity index (χ1v) is 9.20. The summed E-state index contributed by atoms with van der Waals surface area (Å²) >= 11 is 0. The molecule has 1 saturated heterocycles. The summed E-state index contributed by atoms with van der Waals surface area (Å²) in [5, 5.41) is 17.6. The quantitative estimate of drug-likeness (QED) is 0.587. The summed E-state index contributed by atoms with van der Waals surface area (Å²) in [4.78, 5) is 20.9. The summed E-state index contributed by atoms with van der Waals surface area (Å²) in [7, 11) is 3.34. The van der Waals surface area contributed by atoms with Gasteiger partial charge >= 0.3 is 0 Å². The van der Waals surface area contributed by atoms with Crippen LogP contribution in [0.25, 0.3) is 0 Å². The summed E-state index contributed by atoms with van der Waals surface area (Å²) in [5.74, 6) is 1.14. The largest absolute Gasteiger partial charge is 0.504 e. The molecule has 0 unspecified atom stereocenters. The Labute approximate surface area is 164 Å². The van der Waals surface area contributed by atoms with Gasteiger partial charge in [0.2, 0.25) is 5.91 Å². The van der Waals surface area contributed by atoms with Crippen molar-refractivity contribution in [3.8, 4) is 11.5 Å². The number of methoxy groups -OCH3 is 1. The normalized spacial score (nSPS) is 15.1. The molecule has 0 saturated carbocycles. The number of ether oxygens (including phenoxy) is 1. The third-order valence-electron chi connectivity index (χ3n) is 4.56. The van der Waals surface area contributed by atoms with Crippen molar-refractivity contribution < 1.29 is 14.6 Å². The Morgan fingerprint density at radius 3 is 2.86 bits per heavy atom. The predicted molar refractivity (Wildman–Crippen MR) is 107 cm³/mol. The van der Waals surface area contributed by atoms with Crippen molar-refractivity contribution >= 4 is 17.6 Å². The van der Waals surface area contributed by atoms with Gasteiger partial charge in [0.15, 0.2) is 17.5 Å². The maximum absolute atomic E-state index is 12.6. The molecule has 150 valence electrons. The Hall–Kier alpha value is -3.23. The first-order chi connectivity index (χ1) is 13.5. The van der Waals surface area contributed by atoms with Gasteiger partial charge in [0, 0.05) is 38.4 Å². The number of aryl methyl sites for hydroxylation is 1. The summed E-state index contributed by atoms with van der Waals surface area (Å²) in [5.41, 5.74) is 1.46. The minimum Gasteiger partial charge on any atom is -0.504 e. The molecular weight excluding hydrogens is 360 g/mol. The average Bonchev–Trinajstić information content (AvgIpc) is 3.12. The van der Waals surface area contributed by atoms with Crippen LogP contribution in [-0.4, -0.2) is 64.9 Å². The van der Waals surface area contributed by atoms with E-state index in [0.29, 0.717) is 36.9 Å². The smallest absolute Gasteiger partial charge is 0.246 e. The van der Waals surface area contributed by atoms with Crippen molar-refractivity contribution in [3.05, 3.63) is 36.2 Å². The molecule has 1 amide bonds. The molecule has 1 fully saturated rings. The number of carbonyl (C=O) groups excluding carboxylic acids is 1. The number of rotatable bonds is 5. The van der Waals surface area contributed by atoms with Crippen molar-refractivity contribution in [1.29, 1.82) is 0 Å². The molecule has 0 atom stereocenters. The molecular formula is C19H26N6O3. The molecule has 0 spiro atoms. The highest BCUT2D eigenvalue weighted by Gasteiger charge is 2.27. The van der Waals surface area contributed by atoms with Gasteiger partial charge in [-0.2, -0.15) is 5.10 Å². The minimum atomic E-state index is -0.00548. The number of guanidine groups is 1. The minimum absolute atomic E-state index is 0.00548. The van der Waals surface area contributed by atoms with Crippen LogP contribution in [0.3, 0.4) is 0 Å². The highest BCUT2D eigenvalue weighted by Crippen LogP contribution is 2.29. The molecule has 0 radical (unpaired) electrons. The molecule has 1 aliphatic rings. The maximum atomic E-state index is 12.6. The second kappa shape index (κ2) is 8.64. The first kappa shape index (κ1) is 19.5. The zero-order chi connectivity index (χ0) is 20.1. The number of benzene rings is 1. The number of phenolic OH excluding ortho intramolecular Hbond substituents is 1. The lowest BCUT2D eigenvalue weighted by Crippen LogP contribution is -2.55. The van der Waals surface area contributed by atoms with E-state index in [2.05, 4.69) is 15.4 Å². The lowest BCUT2D eigenvalue weighted by molar-refractivity contribution is -0.120. The SMILES string of the molecule is CCNC(=NCc1cccc(OC)c1O)N1CCN(c2cnn(C)c2)C(=O)C1. The molecule has 2 N–H and O–H groups in total. The molecule has 1 aromatic carbocycles. The van der Waals surface area contributed by atoms with Gasteiger partial charge in [-0.15, -0.1) is 0 Å². The number of aromatic nitrogens is 2. The summed E-state index contributed by atoms with van der Waals surface area (Å²) < 4.78 is 6.83. The van der Waals surface area contributed by atoms with Crippen LogP contribution in [-0.2, 0) is 18.4 Å². The number of amides is 1. The average molecular weight is 386 g/mol. The fourth-order valence-electron chi connectivity index (χ4n) is 3.12. The summed E-state index contributed by atoms with van der Waals surface area (Å²) in [6.45, 7) is 4.37. The highest BCUT2D eigenvalue weighted by atomic mass is 16.5. The van der Waals surface area contributed by atoms with Crippen LogP contribution in [0, 0.1) is 0 Å². The van der Waals surface area contributed by atoms with Crippen LogP contribution < -0.4 is 15.0 Å². The molecule has 9 heteroatoms. The molecule has 0 aliphatic carbocycles. The van der Waals surface area contributed by atoms with E-state index in [4.69, 9.17) is 4.74 Å². The van der Waals surface area contributed by atoms with Crippen molar-refractivity contribution in [2.24, 2.45) is 12.0 Å². The number of carbonyl (C=O) groups is 1. The fourth-order valence-corrected chi connectivity index (χ4v) is 3.12. The van der Waals surface area contributed by atoms with Crippen molar-refractivity contribution in [2.75, 3.05) is 38.2 Å². The van der Waals surface area contributed by atoms with Crippen LogP contribution in [0.1, 0.15) is 12.5 Å². The monoisotopic (exact) mass is 386 g/mol. The molecule has 28 heavy (non-hydrogen) atoms. The Kier molecular flexibility index (Phi) is 6.03. The third-order valence-corrected chi connectivity index (χ3v) is 4.56. The standard InChI is InChI=1S/C19H26N6O3/c1-4-20-19(21-10-14-6-5-7-16(28-3)18(14)27)24-8-9-25(17(26)13-24)15-11-22-23(2)12-15/h5-7,11-12,27H,4,8-10,13H2,1-3H3,(H,20,21). The van der Waals surface area contributed by atoms with E-state index < -0.39 is 0 Å². The van der Waals surface area contributed by atoms with Crippen molar-refractivity contribution in [1.82, 2.24) is 20.0 Å². The Morgan fingerprint density at radius 1 is 1.39 bits per heavy atom. The van der Waals surface area contributed by atoms with Gasteiger partial charge in [0.05, 0.1) is 25.5 Å². The topological polar surface area (TPSA) is 95.2 Å². The van der Waals surface area contributed by atoms with E-state index in [0.717, 1.165) is 5.69 Å². The number of nitrogens with zero attached hydrogens (tertiary/aromatic N) is 5. The van der Waals surface area contributed by atoms with Crippen LogP contribution in [0.4, 0.5) is 5.69 Å². The molecule has 2 aromatic rings. The Balaban J connectivity index is 1.72. The van der Waals surface area contributed by atoms with E-state index in [9.17, 15) is 9.90 Å². The van der Waals surface area contributed by atoms with Gasteiger partial charge < -0.3 is 25.0 Å². The molecule has 0 bridgehead atoms. The van der Waals surface area contributed by atoms with Gasteiger partial charge in [-0.05, 0) is 13.0 Å². The van der Waals surface area contributed by atoms with E-state index >= 15 is 0 Å². The Morgan fingerprint density at radius 2 is 2.21 bits per heavy atom. The maximum Gasteiger partial charge on any atom is 0.246 e. The van der Waals surface area contributed by atoms with Crippen LogP contribution in [0.5, 0.6) is 11.5 Å². The number of hydrogen-bond acceptors (Lipinski definition) is 5. The van der Waals surface area contributed by atoms with Gasteiger partial charge in [-0.3, -0.25) is 9.48 Å². The number of para-hydroxylation sites is 1. The lowest BCUT2D eigenvalue weighted by atomic mass is 10.2. The van der Waals surface area contributed by atoms with Crippen LogP contribution in [0.15, 0.2) is 35.6 Å². The second-order valence-electron chi connectivity index (χ2n) is 6.48. The predicted octanol–water partition coefficient (Wildman–Crippen LogP) is 0.949. The van der Waals surface area contributed by atoms with Gasteiger partial charge in [0.25, 0.3) is 0 Å². The number of anilines is 1.